The summed E-state index contributed by atoms with van der Waals surface area (Å²) >= 11 is 2.45. The number of fused-ring (bicyclic) bond motifs is 4. The fraction of sp³-hybridized carbons (Fsp3) is 0.418. The molecule has 0 atom stereocenters. The van der Waals surface area contributed by atoms with Crippen molar-refractivity contribution in [1.29, 1.82) is 0 Å². The van der Waals surface area contributed by atoms with Crippen molar-refractivity contribution in [2.24, 2.45) is 9.98 Å². The van der Waals surface area contributed by atoms with Crippen LogP contribution in [0.3, 0.4) is 0 Å². The summed E-state index contributed by atoms with van der Waals surface area (Å²) in [5.74, 6) is 0.0949. The molecule has 2 amide bonds. The molecule has 11 nitrogen and oxygen atoms in total. The molecule has 0 bridgehead atoms. The Morgan fingerprint density at radius 3 is 1.74 bits per heavy atom. The molecule has 69 heavy (non-hydrogen) atoms. The van der Waals surface area contributed by atoms with Gasteiger partial charge in [0.25, 0.3) is 5.91 Å². The number of unbranched alkanes of at least 4 members (excludes halogenated alkanes) is 1. The topological polar surface area (TPSA) is 114 Å². The van der Waals surface area contributed by atoms with E-state index < -0.39 is 0 Å². The minimum Gasteiger partial charge on any atom is -0.370 e. The van der Waals surface area contributed by atoms with E-state index in [-0.39, 0.29) is 57.4 Å². The molecule has 0 spiro atoms. The number of nitrogens with one attached hydrogen (secondary N) is 2. The van der Waals surface area contributed by atoms with Crippen LogP contribution in [0.5, 0.6) is 0 Å². The van der Waals surface area contributed by atoms with Gasteiger partial charge in [0.2, 0.25) is 5.91 Å². The molecule has 0 aliphatic carbocycles. The van der Waals surface area contributed by atoms with Gasteiger partial charge in [-0.3, -0.25) is 19.6 Å². The van der Waals surface area contributed by atoms with E-state index in [9.17, 15) is 18.4 Å². The third-order valence-electron chi connectivity index (χ3n) is 12.2. The Morgan fingerprint density at radius 1 is 0.754 bits per heavy atom. The van der Waals surface area contributed by atoms with Crippen molar-refractivity contribution >= 4 is 74.3 Å². The molecule has 4 aromatic carbocycles. The molecule has 6 heterocycles. The van der Waals surface area contributed by atoms with Crippen LogP contribution in [-0.4, -0.2) is 86.5 Å². The highest BCUT2D eigenvalue weighted by Crippen LogP contribution is 2.43. The maximum absolute atomic E-state index is 14.0. The minimum atomic E-state index is -0.224. The SMILES string of the molecule is C.C.CCCCNC.Cc1cc(-n2c(C(C)C)c(I)c3cc4c(cc32)C=NC4)ccc1F.Cc1cc(-n2c(C(C)C)c(N3CCOCC3=O)c3cc4c(cc32)C=NC4)ccc1F.O=C1COCCN1. The van der Waals surface area contributed by atoms with Gasteiger partial charge in [-0.25, -0.2) is 8.78 Å². The second kappa shape index (κ2) is 24.5. The standard InChI is InChI=1S/C24H24FN3O2.C20H18FIN2.C5H13N.C4H7NO2.2CH4/c1-14(2)23-24(27-6-7-30-13-22(27)29)19-9-16-11-26-12-17(16)10-21(19)28(23)18-4-5-20(25)15(3)8-18;1-11(2)20-19(22)16-7-13-9-23-10-14(13)8-18(16)24(20)15-4-5-17(21)12(3)6-15;1-3-4-5-6-2;6-4-3-7-2-1-5-4;;/h4-5,8-10,12,14H,6-7,11,13H2,1-3H3;4-8,10-11H,9H2,1-3H3;6H,3-5H2,1-2H3;1-3H2,(H,5,6);2*1H4. The summed E-state index contributed by atoms with van der Waals surface area (Å²) in [7, 11) is 1.98. The number of anilines is 1. The lowest BCUT2D eigenvalue weighted by molar-refractivity contribution is -0.129. The van der Waals surface area contributed by atoms with Gasteiger partial charge in [0.15, 0.2) is 0 Å². The Labute approximate surface area is 420 Å². The zero-order chi connectivity index (χ0) is 47.9. The number of halogens is 3. The minimum absolute atomic E-state index is 0. The van der Waals surface area contributed by atoms with E-state index in [2.05, 4.69) is 111 Å². The molecule has 0 radical (unpaired) electrons. The molecule has 10 rings (SSSR count). The van der Waals surface area contributed by atoms with Gasteiger partial charge in [0.05, 0.1) is 48.7 Å². The van der Waals surface area contributed by atoms with E-state index in [1.165, 1.54) is 50.2 Å². The third kappa shape index (κ3) is 12.0. The first kappa shape index (κ1) is 54.6. The van der Waals surface area contributed by atoms with E-state index in [1.54, 1.807) is 19.1 Å². The number of carbonyl (C=O) groups excluding carboxylic acids is 2. The average Bonchev–Trinajstić information content (AvgIpc) is 4.11. The molecule has 370 valence electrons. The van der Waals surface area contributed by atoms with Gasteiger partial charge in [-0.1, -0.05) is 55.9 Å². The van der Waals surface area contributed by atoms with Crippen LogP contribution in [0.2, 0.25) is 0 Å². The van der Waals surface area contributed by atoms with Crippen molar-refractivity contribution in [3.8, 4) is 11.4 Å². The zero-order valence-electron chi connectivity index (χ0n) is 39.9. The number of benzene rings is 4. The Balaban J connectivity index is 0.000000202. The monoisotopic (exact) mass is 1060 g/mol. The first-order chi connectivity index (χ1) is 32.2. The van der Waals surface area contributed by atoms with Gasteiger partial charge < -0.3 is 34.1 Å². The van der Waals surface area contributed by atoms with Crippen LogP contribution in [0.25, 0.3) is 33.2 Å². The highest BCUT2D eigenvalue weighted by Gasteiger charge is 2.31. The van der Waals surface area contributed by atoms with Crippen molar-refractivity contribution in [3.05, 3.63) is 121 Å². The summed E-state index contributed by atoms with van der Waals surface area (Å²) in [6.07, 6.45) is 6.44. The number of aryl methyl sites for hydroxylation is 2. The summed E-state index contributed by atoms with van der Waals surface area (Å²) < 4.78 is 43.6. The maximum atomic E-state index is 14.0. The van der Waals surface area contributed by atoms with E-state index in [0.717, 1.165) is 57.9 Å². The molecule has 2 saturated heterocycles. The van der Waals surface area contributed by atoms with E-state index >= 15 is 0 Å². The first-order valence-corrected chi connectivity index (χ1v) is 24.3. The Kier molecular flexibility index (Phi) is 19.4. The molecule has 0 unspecified atom stereocenters. The molecule has 4 aliphatic heterocycles. The maximum Gasteiger partial charge on any atom is 0.253 e. The van der Waals surface area contributed by atoms with Gasteiger partial charge in [-0.2, -0.15) is 0 Å². The Bertz CT molecular complexity index is 2830. The van der Waals surface area contributed by atoms with Crippen molar-refractivity contribution in [1.82, 2.24) is 19.8 Å². The van der Waals surface area contributed by atoms with Gasteiger partial charge in [0.1, 0.15) is 24.8 Å². The van der Waals surface area contributed by atoms with E-state index in [0.29, 0.717) is 49.9 Å². The molecule has 6 aromatic rings. The van der Waals surface area contributed by atoms with Gasteiger partial charge in [-0.15, -0.1) is 0 Å². The summed E-state index contributed by atoms with van der Waals surface area (Å²) in [6, 6.07) is 19.3. The van der Waals surface area contributed by atoms with Crippen LogP contribution >= 0.6 is 22.6 Å². The van der Waals surface area contributed by atoms with Crippen LogP contribution < -0.4 is 15.5 Å². The first-order valence-electron chi connectivity index (χ1n) is 23.2. The number of rotatable bonds is 8. The number of ether oxygens (including phenoxy) is 2. The summed E-state index contributed by atoms with van der Waals surface area (Å²) in [4.78, 5) is 33.7. The highest BCUT2D eigenvalue weighted by molar-refractivity contribution is 14.1. The van der Waals surface area contributed by atoms with Crippen molar-refractivity contribution in [2.75, 3.05) is 58.0 Å². The molecular weight excluding hydrogens is 988 g/mol. The lowest BCUT2D eigenvalue weighted by Gasteiger charge is -2.29. The number of nitrogens with zero attached hydrogens (tertiary/aromatic N) is 5. The lowest BCUT2D eigenvalue weighted by atomic mass is 10.0. The summed E-state index contributed by atoms with van der Waals surface area (Å²) in [5, 5.41) is 7.97. The molecule has 2 N–H and O–H groups in total. The predicted molar refractivity (Wildman–Crippen MR) is 289 cm³/mol. The summed E-state index contributed by atoms with van der Waals surface area (Å²) in [5.41, 5.74) is 13.3. The number of aliphatic imine (C=N–C) groups is 2. The van der Waals surface area contributed by atoms with Crippen molar-refractivity contribution in [3.63, 3.8) is 0 Å². The number of morpholine rings is 2. The largest absolute Gasteiger partial charge is 0.370 e. The third-order valence-corrected chi connectivity index (χ3v) is 13.3. The highest BCUT2D eigenvalue weighted by atomic mass is 127. The second-order valence-electron chi connectivity index (χ2n) is 17.8. The Hall–Kier alpha value is -5.29. The zero-order valence-corrected chi connectivity index (χ0v) is 42.0. The van der Waals surface area contributed by atoms with Crippen LogP contribution in [0.4, 0.5) is 14.5 Å². The van der Waals surface area contributed by atoms with Crippen LogP contribution in [0.1, 0.15) is 119 Å². The summed E-state index contributed by atoms with van der Waals surface area (Å²) in [6.45, 7) is 19.7. The van der Waals surface area contributed by atoms with Crippen molar-refractivity contribution in [2.45, 2.75) is 101 Å². The quantitative estimate of drug-likeness (QED) is 0.116. The molecule has 4 aliphatic rings. The van der Waals surface area contributed by atoms with Gasteiger partial charge >= 0.3 is 0 Å². The van der Waals surface area contributed by atoms with Crippen LogP contribution in [0.15, 0.2) is 70.6 Å². The smallest absolute Gasteiger partial charge is 0.253 e. The fourth-order valence-corrected chi connectivity index (χ4v) is 10.1. The molecule has 2 aromatic heterocycles. The van der Waals surface area contributed by atoms with Gasteiger partial charge in [-0.05, 0) is 162 Å². The fourth-order valence-electron chi connectivity index (χ4n) is 8.78. The number of hydrogen-bond donors (Lipinski definition) is 2. The molecule has 14 heteroatoms. The molecule has 2 fully saturated rings. The van der Waals surface area contributed by atoms with E-state index in [1.807, 2.05) is 49.5 Å². The number of carbonyl (C=O) groups is 2. The lowest BCUT2D eigenvalue weighted by Crippen LogP contribution is -2.42. The van der Waals surface area contributed by atoms with Crippen LogP contribution in [0, 0.1) is 29.1 Å². The van der Waals surface area contributed by atoms with Crippen LogP contribution in [-0.2, 0) is 32.2 Å². The molecule has 0 saturated carbocycles. The van der Waals surface area contributed by atoms with Gasteiger partial charge in [0, 0.05) is 56.9 Å². The normalized spacial score (nSPS) is 14.6. The molecular formula is C55H70F2IN7O4. The van der Waals surface area contributed by atoms with Crippen molar-refractivity contribution < 1.29 is 27.8 Å². The number of hydrogen-bond acceptors (Lipinski definition) is 7. The number of aromatic nitrogens is 2. The number of amides is 2. The Morgan fingerprint density at radius 2 is 1.29 bits per heavy atom. The predicted octanol–water partition coefficient (Wildman–Crippen LogP) is 11.6. The van der Waals surface area contributed by atoms with E-state index in [4.69, 9.17) is 9.47 Å². The second-order valence-corrected chi connectivity index (χ2v) is 18.9. The average molecular weight is 1060 g/mol.